The fourth-order valence-electron chi connectivity index (χ4n) is 2.54. The summed E-state index contributed by atoms with van der Waals surface area (Å²) in [7, 11) is 1.59. The Labute approximate surface area is 154 Å². The van der Waals surface area contributed by atoms with Gasteiger partial charge in [-0.25, -0.2) is 0 Å². The van der Waals surface area contributed by atoms with E-state index in [2.05, 4.69) is 10.6 Å². The lowest BCUT2D eigenvalue weighted by Gasteiger charge is -2.13. The molecule has 0 saturated carbocycles. The SMILES string of the molecule is COc1ccccc1/C(C)=C/C(=O)Nc1ccccc1C(=O)NC(C)C. The maximum Gasteiger partial charge on any atom is 0.253 e. The van der Waals surface area contributed by atoms with Crippen LogP contribution in [0.25, 0.3) is 5.57 Å². The van der Waals surface area contributed by atoms with Crippen LogP contribution in [-0.4, -0.2) is 25.0 Å². The summed E-state index contributed by atoms with van der Waals surface area (Å²) in [4.78, 5) is 24.7. The Morgan fingerprint density at radius 3 is 2.27 bits per heavy atom. The van der Waals surface area contributed by atoms with Crippen LogP contribution in [0, 0.1) is 0 Å². The third-order valence-corrected chi connectivity index (χ3v) is 3.73. The Balaban J connectivity index is 2.21. The highest BCUT2D eigenvalue weighted by Gasteiger charge is 2.13. The van der Waals surface area contributed by atoms with Crippen LogP contribution in [0.2, 0.25) is 0 Å². The second-order valence-corrected chi connectivity index (χ2v) is 6.19. The summed E-state index contributed by atoms with van der Waals surface area (Å²) in [6.07, 6.45) is 1.50. The molecule has 0 unspecified atom stereocenters. The van der Waals surface area contributed by atoms with E-state index in [9.17, 15) is 9.59 Å². The minimum atomic E-state index is -0.307. The lowest BCUT2D eigenvalue weighted by molar-refractivity contribution is -0.111. The van der Waals surface area contributed by atoms with Gasteiger partial charge in [0, 0.05) is 17.7 Å². The van der Waals surface area contributed by atoms with E-state index in [1.807, 2.05) is 45.0 Å². The van der Waals surface area contributed by atoms with Crippen molar-refractivity contribution in [3.05, 3.63) is 65.7 Å². The Hall–Kier alpha value is -3.08. The van der Waals surface area contributed by atoms with Gasteiger partial charge in [-0.2, -0.15) is 0 Å². The first-order valence-corrected chi connectivity index (χ1v) is 8.45. The summed E-state index contributed by atoms with van der Waals surface area (Å²) in [5.74, 6) is 0.172. The zero-order valence-electron chi connectivity index (χ0n) is 15.5. The molecule has 2 rings (SSSR count). The first-order valence-electron chi connectivity index (χ1n) is 8.45. The molecule has 2 aromatic carbocycles. The molecule has 26 heavy (non-hydrogen) atoms. The minimum Gasteiger partial charge on any atom is -0.496 e. The molecule has 0 aromatic heterocycles. The zero-order chi connectivity index (χ0) is 19.1. The zero-order valence-corrected chi connectivity index (χ0v) is 15.5. The number of benzene rings is 2. The highest BCUT2D eigenvalue weighted by atomic mass is 16.5. The second-order valence-electron chi connectivity index (χ2n) is 6.19. The van der Waals surface area contributed by atoms with E-state index in [0.29, 0.717) is 17.0 Å². The third-order valence-electron chi connectivity index (χ3n) is 3.73. The van der Waals surface area contributed by atoms with Crippen LogP contribution in [0.15, 0.2) is 54.6 Å². The van der Waals surface area contributed by atoms with Gasteiger partial charge in [0.1, 0.15) is 5.75 Å². The Bertz CT molecular complexity index is 826. The van der Waals surface area contributed by atoms with E-state index in [1.54, 1.807) is 31.4 Å². The fourth-order valence-corrected chi connectivity index (χ4v) is 2.54. The molecule has 0 fully saturated rings. The molecule has 0 aliphatic carbocycles. The Morgan fingerprint density at radius 2 is 1.62 bits per heavy atom. The van der Waals surface area contributed by atoms with E-state index in [-0.39, 0.29) is 17.9 Å². The van der Waals surface area contributed by atoms with Crippen LogP contribution in [0.5, 0.6) is 5.75 Å². The van der Waals surface area contributed by atoms with Crippen LogP contribution in [0.4, 0.5) is 5.69 Å². The lowest BCUT2D eigenvalue weighted by atomic mass is 10.1. The number of para-hydroxylation sites is 2. The average molecular weight is 352 g/mol. The minimum absolute atomic E-state index is 0.0129. The number of anilines is 1. The summed E-state index contributed by atoms with van der Waals surface area (Å²) in [6.45, 7) is 5.62. The number of methoxy groups -OCH3 is 1. The number of hydrogen-bond acceptors (Lipinski definition) is 3. The maximum absolute atomic E-state index is 12.4. The first-order chi connectivity index (χ1) is 12.4. The molecule has 5 nitrogen and oxygen atoms in total. The number of ether oxygens (including phenoxy) is 1. The Kier molecular flexibility index (Phi) is 6.55. The van der Waals surface area contributed by atoms with Crippen LogP contribution < -0.4 is 15.4 Å². The number of nitrogens with one attached hydrogen (secondary N) is 2. The summed E-state index contributed by atoms with van der Waals surface area (Å²) >= 11 is 0. The molecule has 0 aliphatic rings. The van der Waals surface area contributed by atoms with E-state index in [0.717, 1.165) is 11.1 Å². The molecular formula is C21H24N2O3. The van der Waals surface area contributed by atoms with Crippen molar-refractivity contribution in [2.45, 2.75) is 26.8 Å². The third kappa shape index (κ3) is 4.96. The van der Waals surface area contributed by atoms with Gasteiger partial charge in [0.2, 0.25) is 5.91 Å². The summed E-state index contributed by atoms with van der Waals surface area (Å²) in [6, 6.07) is 14.4. The van der Waals surface area contributed by atoms with Crippen molar-refractivity contribution in [2.24, 2.45) is 0 Å². The van der Waals surface area contributed by atoms with Gasteiger partial charge in [-0.05, 0) is 44.5 Å². The smallest absolute Gasteiger partial charge is 0.253 e. The summed E-state index contributed by atoms with van der Waals surface area (Å²) in [5, 5.41) is 5.62. The number of carbonyl (C=O) groups excluding carboxylic acids is 2. The summed E-state index contributed by atoms with van der Waals surface area (Å²) < 4.78 is 5.33. The van der Waals surface area contributed by atoms with E-state index in [1.165, 1.54) is 6.08 Å². The lowest BCUT2D eigenvalue weighted by Crippen LogP contribution is -2.30. The predicted octanol–water partition coefficient (Wildman–Crippen LogP) is 3.88. The van der Waals surface area contributed by atoms with Gasteiger partial charge in [0.25, 0.3) is 5.91 Å². The van der Waals surface area contributed by atoms with Gasteiger partial charge in [0.05, 0.1) is 18.4 Å². The van der Waals surface area contributed by atoms with Gasteiger partial charge < -0.3 is 15.4 Å². The van der Waals surface area contributed by atoms with Crippen molar-refractivity contribution in [1.29, 1.82) is 0 Å². The molecule has 136 valence electrons. The normalized spacial score (nSPS) is 11.2. The van der Waals surface area contributed by atoms with Crippen LogP contribution in [0.3, 0.4) is 0 Å². The van der Waals surface area contributed by atoms with Crippen molar-refractivity contribution < 1.29 is 14.3 Å². The molecular weight excluding hydrogens is 328 g/mol. The van der Waals surface area contributed by atoms with E-state index in [4.69, 9.17) is 4.74 Å². The van der Waals surface area contributed by atoms with Crippen molar-refractivity contribution in [3.63, 3.8) is 0 Å². The number of amides is 2. The number of allylic oxidation sites excluding steroid dienone is 1. The van der Waals surface area contributed by atoms with E-state index >= 15 is 0 Å². The van der Waals surface area contributed by atoms with Gasteiger partial charge in [-0.3, -0.25) is 9.59 Å². The number of hydrogen-bond donors (Lipinski definition) is 2. The van der Waals surface area contributed by atoms with Crippen LogP contribution in [-0.2, 0) is 4.79 Å². The fraction of sp³-hybridized carbons (Fsp3) is 0.238. The van der Waals surface area contributed by atoms with Crippen molar-refractivity contribution >= 4 is 23.1 Å². The van der Waals surface area contributed by atoms with Gasteiger partial charge in [-0.15, -0.1) is 0 Å². The predicted molar refractivity (Wildman–Crippen MR) is 104 cm³/mol. The molecule has 0 spiro atoms. The Morgan fingerprint density at radius 1 is 1.00 bits per heavy atom. The molecule has 2 amide bonds. The standard InChI is InChI=1S/C21H24N2O3/c1-14(2)22-21(25)17-10-5-7-11-18(17)23-20(24)13-15(3)16-9-6-8-12-19(16)26-4/h5-14H,1-4H3,(H,22,25)(H,23,24)/b15-13+. The highest BCUT2D eigenvalue weighted by Crippen LogP contribution is 2.25. The molecule has 2 N–H and O–H groups in total. The van der Waals surface area contributed by atoms with Crippen molar-refractivity contribution in [3.8, 4) is 5.75 Å². The van der Waals surface area contributed by atoms with E-state index < -0.39 is 0 Å². The quantitative estimate of drug-likeness (QED) is 0.776. The molecule has 0 bridgehead atoms. The first kappa shape index (κ1) is 19.2. The monoisotopic (exact) mass is 352 g/mol. The maximum atomic E-state index is 12.4. The van der Waals surface area contributed by atoms with Gasteiger partial charge >= 0.3 is 0 Å². The van der Waals surface area contributed by atoms with Gasteiger partial charge in [-0.1, -0.05) is 30.3 Å². The number of carbonyl (C=O) groups is 2. The topological polar surface area (TPSA) is 67.4 Å². The average Bonchev–Trinajstić information content (AvgIpc) is 2.61. The molecule has 0 atom stereocenters. The molecule has 5 heteroatoms. The van der Waals surface area contributed by atoms with Crippen molar-refractivity contribution in [2.75, 3.05) is 12.4 Å². The van der Waals surface area contributed by atoms with Gasteiger partial charge in [0.15, 0.2) is 0 Å². The largest absolute Gasteiger partial charge is 0.496 e. The summed E-state index contributed by atoms with van der Waals surface area (Å²) in [5.41, 5.74) is 2.51. The molecule has 2 aromatic rings. The molecule has 0 aliphatic heterocycles. The molecule has 0 radical (unpaired) electrons. The number of rotatable bonds is 6. The van der Waals surface area contributed by atoms with Crippen LogP contribution in [0.1, 0.15) is 36.7 Å². The molecule has 0 saturated heterocycles. The van der Waals surface area contributed by atoms with Crippen LogP contribution >= 0.6 is 0 Å². The molecule has 0 heterocycles. The highest BCUT2D eigenvalue weighted by molar-refractivity contribution is 6.08. The van der Waals surface area contributed by atoms with Crippen molar-refractivity contribution in [1.82, 2.24) is 5.32 Å². The second kappa shape index (κ2) is 8.85.